The van der Waals surface area contributed by atoms with Gasteiger partial charge < -0.3 is 4.74 Å². The van der Waals surface area contributed by atoms with Gasteiger partial charge in [-0.2, -0.15) is 15.1 Å². The largest absolute Gasteiger partial charge is 0.446 e. The van der Waals surface area contributed by atoms with E-state index in [0.29, 0.717) is 13.2 Å². The first-order valence-electron chi connectivity index (χ1n) is 3.73. The van der Waals surface area contributed by atoms with Crippen LogP contribution in [0, 0.1) is 0 Å². The average Bonchev–Trinajstić information content (AvgIpc) is 2.27. The summed E-state index contributed by atoms with van der Waals surface area (Å²) in [6.07, 6.45) is 0.764. The van der Waals surface area contributed by atoms with Crippen molar-refractivity contribution in [3.8, 4) is 0 Å². The Hall–Kier alpha value is -0.810. The third-order valence-electron chi connectivity index (χ3n) is 1.75. The number of ether oxygens (including phenoxy) is 1. The fraction of sp³-hybridized carbons (Fsp3) is 0.833. The van der Waals surface area contributed by atoms with Crippen molar-refractivity contribution in [1.82, 2.24) is 10.1 Å². The minimum Gasteiger partial charge on any atom is -0.446 e. The summed E-state index contributed by atoms with van der Waals surface area (Å²) in [7, 11) is 0. The Balaban J connectivity index is 1.80. The molecule has 2 fully saturated rings. The van der Waals surface area contributed by atoms with Crippen molar-refractivity contribution in [1.29, 1.82) is 0 Å². The van der Waals surface area contributed by atoms with Crippen molar-refractivity contribution in [2.24, 2.45) is 0 Å². The van der Waals surface area contributed by atoms with Gasteiger partial charge in [0, 0.05) is 13.1 Å². The molecule has 62 valence electrons. The van der Waals surface area contributed by atoms with Crippen molar-refractivity contribution >= 4 is 6.09 Å². The van der Waals surface area contributed by atoms with Gasteiger partial charge in [-0.3, -0.25) is 0 Å². The van der Waals surface area contributed by atoms with Crippen LogP contribution in [0.5, 0.6) is 0 Å². The van der Waals surface area contributed by atoms with Crippen LogP contribution in [0.2, 0.25) is 0 Å². The summed E-state index contributed by atoms with van der Waals surface area (Å²) in [5.74, 6) is 0. The van der Waals surface area contributed by atoms with Crippen LogP contribution in [0.3, 0.4) is 0 Å². The van der Waals surface area contributed by atoms with Crippen LogP contribution in [0.1, 0.15) is 6.42 Å². The Labute approximate surface area is 64.4 Å². The van der Waals surface area contributed by atoms with E-state index in [0.717, 1.165) is 19.5 Å². The highest BCUT2D eigenvalue weighted by molar-refractivity contribution is 5.67. The lowest BCUT2D eigenvalue weighted by Crippen LogP contribution is -2.43. The molecule has 0 saturated carbocycles. The third-order valence-corrected chi connectivity index (χ3v) is 1.75. The Morgan fingerprint density at radius 3 is 2.64 bits per heavy atom. The van der Waals surface area contributed by atoms with Crippen molar-refractivity contribution < 1.29 is 14.5 Å². The Morgan fingerprint density at radius 1 is 1.36 bits per heavy atom. The number of rotatable bonds is 2. The lowest BCUT2D eigenvalue weighted by Gasteiger charge is -2.30. The van der Waals surface area contributed by atoms with Crippen LogP contribution in [-0.4, -0.2) is 42.5 Å². The zero-order chi connectivity index (χ0) is 7.68. The highest BCUT2D eigenvalue weighted by atomic mass is 16.9. The molecule has 0 bridgehead atoms. The van der Waals surface area contributed by atoms with E-state index >= 15 is 0 Å². The zero-order valence-corrected chi connectivity index (χ0v) is 6.15. The van der Waals surface area contributed by atoms with E-state index in [1.165, 1.54) is 5.06 Å². The molecule has 0 aromatic heterocycles. The lowest BCUT2D eigenvalue weighted by molar-refractivity contribution is -0.317. The topological polar surface area (TPSA) is 42.0 Å². The summed E-state index contributed by atoms with van der Waals surface area (Å²) in [5, 5.41) is 2.99. The Morgan fingerprint density at radius 2 is 2.18 bits per heavy atom. The van der Waals surface area contributed by atoms with E-state index in [1.54, 1.807) is 5.06 Å². The number of hydrogen-bond donors (Lipinski definition) is 0. The maximum absolute atomic E-state index is 10.8. The summed E-state index contributed by atoms with van der Waals surface area (Å²) in [6.45, 7) is 2.79. The molecule has 2 saturated heterocycles. The molecule has 1 amide bonds. The number of carbonyl (C=O) groups is 1. The smallest absolute Gasteiger partial charge is 0.435 e. The number of hydroxylamine groups is 4. The quantitative estimate of drug-likeness (QED) is 0.567. The molecule has 0 aliphatic carbocycles. The maximum Gasteiger partial charge on any atom is 0.435 e. The van der Waals surface area contributed by atoms with Gasteiger partial charge >= 0.3 is 6.09 Å². The number of nitrogens with zero attached hydrogens (tertiary/aromatic N) is 2. The van der Waals surface area contributed by atoms with E-state index in [2.05, 4.69) is 4.74 Å². The van der Waals surface area contributed by atoms with E-state index in [1.807, 2.05) is 0 Å². The minimum atomic E-state index is -0.378. The second kappa shape index (κ2) is 2.67. The van der Waals surface area contributed by atoms with Gasteiger partial charge in [0.1, 0.15) is 6.61 Å². The number of cyclic esters (lactones) is 1. The first kappa shape index (κ1) is 6.87. The zero-order valence-electron chi connectivity index (χ0n) is 6.15. The minimum absolute atomic E-state index is 0.378. The van der Waals surface area contributed by atoms with Gasteiger partial charge in [0.15, 0.2) is 0 Å². The summed E-state index contributed by atoms with van der Waals surface area (Å²) in [6, 6.07) is 0. The normalized spacial score (nSPS) is 25.1. The molecule has 0 unspecified atom stereocenters. The molecule has 5 heteroatoms. The molecule has 0 aromatic carbocycles. The molecule has 11 heavy (non-hydrogen) atoms. The van der Waals surface area contributed by atoms with Crippen LogP contribution in [0.15, 0.2) is 0 Å². The SMILES string of the molecule is O=C1OCCN1ON1CCC1. The van der Waals surface area contributed by atoms with Gasteiger partial charge in [0.05, 0.1) is 6.54 Å². The molecule has 5 nitrogen and oxygen atoms in total. The summed E-state index contributed by atoms with van der Waals surface area (Å²) >= 11 is 0. The Bertz CT molecular complexity index is 169. The molecule has 2 aliphatic rings. The molecule has 0 atom stereocenters. The van der Waals surface area contributed by atoms with Gasteiger partial charge in [0.25, 0.3) is 0 Å². The lowest BCUT2D eigenvalue weighted by atomic mass is 10.3. The van der Waals surface area contributed by atoms with Crippen LogP contribution in [0.4, 0.5) is 4.79 Å². The van der Waals surface area contributed by atoms with Crippen molar-refractivity contribution in [2.75, 3.05) is 26.2 Å². The predicted octanol–water partition coefficient (Wildman–Crippen LogP) is -0.00910. The van der Waals surface area contributed by atoms with Crippen molar-refractivity contribution in [2.45, 2.75) is 6.42 Å². The van der Waals surface area contributed by atoms with Crippen LogP contribution >= 0.6 is 0 Å². The summed E-state index contributed by atoms with van der Waals surface area (Å²) in [4.78, 5) is 16.0. The maximum atomic E-state index is 10.8. The molecule has 2 heterocycles. The van der Waals surface area contributed by atoms with Crippen molar-refractivity contribution in [3.63, 3.8) is 0 Å². The molecular formula is C6H10N2O3. The third kappa shape index (κ3) is 1.29. The predicted molar refractivity (Wildman–Crippen MR) is 35.3 cm³/mol. The number of amides is 1. The second-order valence-corrected chi connectivity index (χ2v) is 2.58. The second-order valence-electron chi connectivity index (χ2n) is 2.58. The van der Waals surface area contributed by atoms with Crippen LogP contribution in [-0.2, 0) is 9.68 Å². The molecule has 0 radical (unpaired) electrons. The molecule has 0 N–H and O–H groups in total. The van der Waals surface area contributed by atoms with Gasteiger partial charge in [-0.05, 0) is 6.42 Å². The van der Waals surface area contributed by atoms with Crippen LogP contribution < -0.4 is 0 Å². The van der Waals surface area contributed by atoms with E-state index in [9.17, 15) is 4.79 Å². The van der Waals surface area contributed by atoms with E-state index in [4.69, 9.17) is 4.94 Å². The highest BCUT2D eigenvalue weighted by Gasteiger charge is 2.27. The van der Waals surface area contributed by atoms with Gasteiger partial charge in [0.2, 0.25) is 0 Å². The number of hydrogen-bond acceptors (Lipinski definition) is 4. The first-order valence-corrected chi connectivity index (χ1v) is 3.73. The standard InChI is InChI=1S/C6H10N2O3/c9-6-8(4-5-10-6)11-7-2-1-3-7/h1-5H2. The van der Waals surface area contributed by atoms with Gasteiger partial charge in [-0.25, -0.2) is 4.79 Å². The van der Waals surface area contributed by atoms with Crippen LogP contribution in [0.25, 0.3) is 0 Å². The summed E-state index contributed by atoms with van der Waals surface area (Å²) < 4.78 is 4.67. The first-order chi connectivity index (χ1) is 5.36. The number of carbonyl (C=O) groups excluding carboxylic acids is 1. The highest BCUT2D eigenvalue weighted by Crippen LogP contribution is 2.11. The van der Waals surface area contributed by atoms with Gasteiger partial charge in [-0.15, -0.1) is 0 Å². The Kier molecular flexibility index (Phi) is 1.67. The summed E-state index contributed by atoms with van der Waals surface area (Å²) in [5.41, 5.74) is 0. The monoisotopic (exact) mass is 158 g/mol. The van der Waals surface area contributed by atoms with E-state index < -0.39 is 0 Å². The van der Waals surface area contributed by atoms with Gasteiger partial charge in [-0.1, -0.05) is 0 Å². The fourth-order valence-corrected chi connectivity index (χ4v) is 0.962. The average molecular weight is 158 g/mol. The van der Waals surface area contributed by atoms with Crippen molar-refractivity contribution in [3.05, 3.63) is 0 Å². The molecule has 0 aromatic rings. The molecule has 0 spiro atoms. The fourth-order valence-electron chi connectivity index (χ4n) is 0.962. The molecule has 2 aliphatic heterocycles. The molecule has 2 rings (SSSR count). The molecular weight excluding hydrogens is 148 g/mol. The van der Waals surface area contributed by atoms with E-state index in [-0.39, 0.29) is 6.09 Å².